The molecule has 0 atom stereocenters. The smallest absolute Gasteiger partial charge is 0.312 e. The van der Waals surface area contributed by atoms with Crippen LogP contribution >= 0.6 is 11.6 Å². The molecule has 9 nitrogen and oxygen atoms in total. The first-order chi connectivity index (χ1) is 14.0. The summed E-state index contributed by atoms with van der Waals surface area (Å²) >= 11 is 5.98. The molecule has 156 valence electrons. The number of anilines is 1. The molecule has 0 aliphatic carbocycles. The standard InChI is InChI=1S/C18H20ClN3O4.CH2O2/c1-25-17(24)12-9-22(10-12)16(23)11-4-6-21(7-5-11)18-20-14-3-2-13(19)8-15(14)26-18;2-1-3/h2-3,8,11-12H,4-7,9-10H2,1H3;1H,(H,2,3). The zero-order valence-electron chi connectivity index (χ0n) is 15.9. The lowest BCUT2D eigenvalue weighted by atomic mass is 9.91. The maximum atomic E-state index is 12.6. The first-order valence-corrected chi connectivity index (χ1v) is 9.60. The van der Waals surface area contributed by atoms with Gasteiger partial charge < -0.3 is 24.1 Å². The maximum Gasteiger partial charge on any atom is 0.312 e. The van der Waals surface area contributed by atoms with Crippen LogP contribution in [-0.4, -0.2) is 66.6 Å². The lowest BCUT2D eigenvalue weighted by Crippen LogP contribution is -2.56. The molecule has 0 spiro atoms. The number of esters is 1. The van der Waals surface area contributed by atoms with E-state index in [2.05, 4.69) is 9.88 Å². The Balaban J connectivity index is 0.000000755. The number of nitrogens with zero attached hydrogens (tertiary/aromatic N) is 3. The van der Waals surface area contributed by atoms with Gasteiger partial charge in [-0.1, -0.05) is 11.6 Å². The van der Waals surface area contributed by atoms with Crippen LogP contribution in [0.1, 0.15) is 12.8 Å². The number of oxazole rings is 1. The molecule has 1 aromatic heterocycles. The Hall–Kier alpha value is -2.81. The highest BCUT2D eigenvalue weighted by Crippen LogP contribution is 2.30. The Labute approximate surface area is 172 Å². The second-order valence-corrected chi connectivity index (χ2v) is 7.37. The van der Waals surface area contributed by atoms with E-state index in [1.54, 1.807) is 17.0 Å². The van der Waals surface area contributed by atoms with Gasteiger partial charge in [-0.25, -0.2) is 0 Å². The fourth-order valence-electron chi connectivity index (χ4n) is 3.57. The van der Waals surface area contributed by atoms with Gasteiger partial charge in [-0.05, 0) is 25.0 Å². The van der Waals surface area contributed by atoms with Crippen molar-refractivity contribution in [3.05, 3.63) is 23.2 Å². The van der Waals surface area contributed by atoms with Crippen molar-refractivity contribution in [1.82, 2.24) is 9.88 Å². The zero-order chi connectivity index (χ0) is 21.0. The third-order valence-electron chi connectivity index (χ3n) is 5.18. The number of fused-ring (bicyclic) bond motifs is 1. The number of amides is 1. The summed E-state index contributed by atoms with van der Waals surface area (Å²) in [4.78, 5) is 40.7. The second kappa shape index (κ2) is 9.13. The van der Waals surface area contributed by atoms with Crippen molar-refractivity contribution < 1.29 is 28.6 Å². The number of likely N-dealkylation sites (tertiary alicyclic amines) is 1. The summed E-state index contributed by atoms with van der Waals surface area (Å²) in [6, 6.07) is 5.95. The zero-order valence-corrected chi connectivity index (χ0v) is 16.7. The van der Waals surface area contributed by atoms with E-state index in [4.69, 9.17) is 30.7 Å². The Morgan fingerprint density at radius 2 is 1.93 bits per heavy atom. The number of benzene rings is 1. The van der Waals surface area contributed by atoms with Gasteiger partial charge in [-0.15, -0.1) is 0 Å². The molecule has 2 aromatic rings. The van der Waals surface area contributed by atoms with E-state index in [9.17, 15) is 9.59 Å². The van der Waals surface area contributed by atoms with Crippen LogP contribution in [0.25, 0.3) is 11.1 Å². The molecule has 0 bridgehead atoms. The quantitative estimate of drug-likeness (QED) is 0.589. The highest BCUT2D eigenvalue weighted by molar-refractivity contribution is 6.31. The van der Waals surface area contributed by atoms with Crippen LogP contribution in [-0.2, 0) is 19.1 Å². The first kappa shape index (κ1) is 20.9. The molecule has 0 saturated carbocycles. The van der Waals surface area contributed by atoms with E-state index in [0.717, 1.165) is 18.4 Å². The number of carbonyl (C=O) groups is 3. The molecule has 1 aromatic carbocycles. The van der Waals surface area contributed by atoms with Crippen LogP contribution in [0.3, 0.4) is 0 Å². The highest BCUT2D eigenvalue weighted by Gasteiger charge is 2.39. The molecule has 3 heterocycles. The first-order valence-electron chi connectivity index (χ1n) is 9.22. The van der Waals surface area contributed by atoms with Crippen LogP contribution in [0.5, 0.6) is 0 Å². The third-order valence-corrected chi connectivity index (χ3v) is 5.42. The third kappa shape index (κ3) is 4.61. The van der Waals surface area contributed by atoms with Gasteiger partial charge in [-0.3, -0.25) is 14.4 Å². The SMILES string of the molecule is COC(=O)C1CN(C(=O)C2CCN(c3nc4ccc(Cl)cc4o3)CC2)C1.O=CO. The number of piperidine rings is 1. The van der Waals surface area contributed by atoms with E-state index in [1.165, 1.54) is 7.11 Å². The minimum Gasteiger partial charge on any atom is -0.483 e. The number of halogens is 1. The van der Waals surface area contributed by atoms with Crippen molar-refractivity contribution in [3.8, 4) is 0 Å². The number of hydrogen-bond donors (Lipinski definition) is 1. The normalized spacial score (nSPS) is 17.3. The monoisotopic (exact) mass is 423 g/mol. The summed E-state index contributed by atoms with van der Waals surface area (Å²) in [6.07, 6.45) is 1.50. The Morgan fingerprint density at radius 3 is 2.55 bits per heavy atom. The number of hydrogen-bond acceptors (Lipinski definition) is 7. The lowest BCUT2D eigenvalue weighted by Gasteiger charge is -2.41. The molecule has 1 N–H and O–H groups in total. The molecule has 10 heteroatoms. The van der Waals surface area contributed by atoms with Crippen LogP contribution in [0, 0.1) is 11.8 Å². The van der Waals surface area contributed by atoms with Crippen molar-refractivity contribution in [1.29, 1.82) is 0 Å². The van der Waals surface area contributed by atoms with Crippen LogP contribution in [0.15, 0.2) is 22.6 Å². The molecule has 0 radical (unpaired) electrons. The lowest BCUT2D eigenvalue weighted by molar-refractivity contribution is -0.157. The molecule has 2 aliphatic heterocycles. The average Bonchev–Trinajstić information content (AvgIpc) is 3.10. The minimum atomic E-state index is -0.250. The number of aromatic nitrogens is 1. The fraction of sp³-hybridized carbons (Fsp3) is 0.474. The minimum absolute atomic E-state index is 0.0105. The molecule has 4 rings (SSSR count). The molecular formula is C19H22ClN3O6. The Bertz CT molecular complexity index is 887. The molecule has 1 amide bonds. The number of carboxylic acid groups (broad SMARTS) is 1. The maximum absolute atomic E-state index is 12.6. The Morgan fingerprint density at radius 1 is 1.28 bits per heavy atom. The van der Waals surface area contributed by atoms with E-state index >= 15 is 0 Å². The van der Waals surface area contributed by atoms with E-state index in [1.807, 2.05) is 6.07 Å². The van der Waals surface area contributed by atoms with Crippen molar-refractivity contribution in [2.45, 2.75) is 12.8 Å². The van der Waals surface area contributed by atoms with Gasteiger partial charge in [0.05, 0.1) is 13.0 Å². The second-order valence-electron chi connectivity index (χ2n) is 6.94. The topological polar surface area (TPSA) is 113 Å². The number of carbonyl (C=O) groups excluding carboxylic acids is 2. The van der Waals surface area contributed by atoms with Crippen LogP contribution in [0.2, 0.25) is 5.02 Å². The van der Waals surface area contributed by atoms with Gasteiger partial charge in [0.1, 0.15) is 5.52 Å². The van der Waals surface area contributed by atoms with Gasteiger partial charge >= 0.3 is 5.97 Å². The van der Waals surface area contributed by atoms with Crippen molar-refractivity contribution in [2.24, 2.45) is 11.8 Å². The molecule has 2 aliphatic rings. The van der Waals surface area contributed by atoms with E-state index < -0.39 is 0 Å². The molecular weight excluding hydrogens is 402 g/mol. The van der Waals surface area contributed by atoms with Gasteiger partial charge in [0.25, 0.3) is 12.5 Å². The fourth-order valence-corrected chi connectivity index (χ4v) is 3.73. The largest absolute Gasteiger partial charge is 0.483 e. The summed E-state index contributed by atoms with van der Waals surface area (Å²) < 4.78 is 10.5. The molecule has 0 unspecified atom stereocenters. The summed E-state index contributed by atoms with van der Waals surface area (Å²) in [5, 5.41) is 7.50. The predicted molar refractivity (Wildman–Crippen MR) is 105 cm³/mol. The van der Waals surface area contributed by atoms with Crippen LogP contribution < -0.4 is 4.90 Å². The molecule has 2 saturated heterocycles. The predicted octanol–water partition coefficient (Wildman–Crippen LogP) is 2.03. The van der Waals surface area contributed by atoms with E-state index in [-0.39, 0.29) is 30.2 Å². The summed E-state index contributed by atoms with van der Waals surface area (Å²) in [7, 11) is 1.38. The van der Waals surface area contributed by atoms with Gasteiger partial charge in [-0.2, -0.15) is 4.98 Å². The summed E-state index contributed by atoms with van der Waals surface area (Å²) in [6.45, 7) is 2.12. The summed E-state index contributed by atoms with van der Waals surface area (Å²) in [5.41, 5.74) is 1.44. The number of ether oxygens (including phenoxy) is 1. The van der Waals surface area contributed by atoms with Crippen molar-refractivity contribution in [2.75, 3.05) is 38.2 Å². The highest BCUT2D eigenvalue weighted by atomic mass is 35.5. The van der Waals surface area contributed by atoms with Crippen LogP contribution in [0.4, 0.5) is 6.01 Å². The van der Waals surface area contributed by atoms with Gasteiger partial charge in [0.15, 0.2) is 5.58 Å². The van der Waals surface area contributed by atoms with E-state index in [0.29, 0.717) is 42.8 Å². The molecule has 2 fully saturated rings. The van der Waals surface area contributed by atoms with Gasteiger partial charge in [0.2, 0.25) is 5.91 Å². The average molecular weight is 424 g/mol. The molecule has 29 heavy (non-hydrogen) atoms. The number of methoxy groups -OCH3 is 1. The van der Waals surface area contributed by atoms with Gasteiger partial charge in [0, 0.05) is 43.2 Å². The van der Waals surface area contributed by atoms with Crippen molar-refractivity contribution in [3.63, 3.8) is 0 Å². The Kier molecular flexibility index (Phi) is 6.58. The summed E-state index contributed by atoms with van der Waals surface area (Å²) in [5.74, 6) is -0.284. The van der Waals surface area contributed by atoms with Crippen molar-refractivity contribution >= 4 is 47.1 Å². The number of rotatable bonds is 3.